The van der Waals surface area contributed by atoms with Crippen LogP contribution >= 0.6 is 11.3 Å². The normalized spacial score (nSPS) is 11.7. The number of hydrogen-bond donors (Lipinski definition) is 1. The van der Waals surface area contributed by atoms with E-state index in [0.717, 1.165) is 11.3 Å². The Labute approximate surface area is 153 Å². The van der Waals surface area contributed by atoms with E-state index in [-0.39, 0.29) is 10.8 Å². The monoisotopic (exact) mass is 380 g/mol. The fraction of sp³-hybridized carbons (Fsp3) is 0.389. The summed E-state index contributed by atoms with van der Waals surface area (Å²) in [5, 5.41) is 2.82. The first-order chi connectivity index (χ1) is 11.8. The van der Waals surface area contributed by atoms with Gasteiger partial charge in [-0.25, -0.2) is 8.42 Å². The van der Waals surface area contributed by atoms with Crippen LogP contribution < -0.4 is 5.32 Å². The van der Waals surface area contributed by atoms with Crippen LogP contribution in [0, 0.1) is 6.92 Å². The molecule has 0 aliphatic heterocycles. The quantitative estimate of drug-likeness (QED) is 0.792. The predicted molar refractivity (Wildman–Crippen MR) is 103 cm³/mol. The molecule has 1 heterocycles. The Morgan fingerprint density at radius 2 is 1.72 bits per heavy atom. The SMILES string of the molecule is CCc1cc(C(=O)Nc2ccc(S(=O)(=O)N(CC)CC)cc2)sc1C. The van der Waals surface area contributed by atoms with Crippen LogP contribution in [0.1, 0.15) is 40.9 Å². The first-order valence-corrected chi connectivity index (χ1v) is 10.6. The zero-order valence-electron chi connectivity index (χ0n) is 15.0. The number of thiophene rings is 1. The number of benzene rings is 1. The number of hydrogen-bond acceptors (Lipinski definition) is 4. The first-order valence-electron chi connectivity index (χ1n) is 8.34. The zero-order chi connectivity index (χ0) is 18.6. The Morgan fingerprint density at radius 3 is 2.20 bits per heavy atom. The lowest BCUT2D eigenvalue weighted by molar-refractivity contribution is 0.103. The third kappa shape index (κ3) is 4.29. The highest BCUT2D eigenvalue weighted by molar-refractivity contribution is 7.89. The molecule has 0 atom stereocenters. The van der Waals surface area contributed by atoms with Crippen LogP contribution in [0.5, 0.6) is 0 Å². The van der Waals surface area contributed by atoms with Gasteiger partial charge in [-0.15, -0.1) is 11.3 Å². The fourth-order valence-corrected chi connectivity index (χ4v) is 5.07. The Morgan fingerprint density at radius 1 is 1.12 bits per heavy atom. The molecule has 136 valence electrons. The van der Waals surface area contributed by atoms with Gasteiger partial charge in [0, 0.05) is 23.7 Å². The van der Waals surface area contributed by atoms with Crippen molar-refractivity contribution in [3.63, 3.8) is 0 Å². The summed E-state index contributed by atoms with van der Waals surface area (Å²) in [4.78, 5) is 14.4. The number of nitrogens with one attached hydrogen (secondary N) is 1. The molecule has 2 aromatic rings. The maximum Gasteiger partial charge on any atom is 0.265 e. The van der Waals surface area contributed by atoms with E-state index in [2.05, 4.69) is 12.2 Å². The molecule has 0 bridgehead atoms. The number of nitrogens with zero attached hydrogens (tertiary/aromatic N) is 1. The zero-order valence-corrected chi connectivity index (χ0v) is 16.6. The highest BCUT2D eigenvalue weighted by Gasteiger charge is 2.21. The van der Waals surface area contributed by atoms with Gasteiger partial charge in [0.25, 0.3) is 5.91 Å². The van der Waals surface area contributed by atoms with Crippen molar-refractivity contribution in [1.82, 2.24) is 4.31 Å². The molecule has 1 aromatic heterocycles. The molecule has 0 saturated carbocycles. The van der Waals surface area contributed by atoms with Crippen molar-refractivity contribution in [3.8, 4) is 0 Å². The molecule has 1 amide bonds. The number of aryl methyl sites for hydroxylation is 2. The second-order valence-corrected chi connectivity index (χ2v) is 8.81. The second-order valence-electron chi connectivity index (χ2n) is 5.61. The van der Waals surface area contributed by atoms with Crippen molar-refractivity contribution in [2.45, 2.75) is 39.0 Å². The predicted octanol–water partition coefficient (Wildman–Crippen LogP) is 3.90. The number of anilines is 1. The van der Waals surface area contributed by atoms with Crippen LogP contribution in [-0.4, -0.2) is 31.7 Å². The molecule has 25 heavy (non-hydrogen) atoms. The van der Waals surface area contributed by atoms with Gasteiger partial charge < -0.3 is 5.32 Å². The molecule has 0 aliphatic carbocycles. The number of sulfonamides is 1. The van der Waals surface area contributed by atoms with Crippen LogP contribution in [-0.2, 0) is 16.4 Å². The molecule has 0 saturated heterocycles. The molecular formula is C18H24N2O3S2. The van der Waals surface area contributed by atoms with Crippen LogP contribution in [0.4, 0.5) is 5.69 Å². The van der Waals surface area contributed by atoms with E-state index in [0.29, 0.717) is 23.7 Å². The highest BCUT2D eigenvalue weighted by atomic mass is 32.2. The summed E-state index contributed by atoms with van der Waals surface area (Å²) >= 11 is 1.47. The minimum atomic E-state index is -3.48. The van der Waals surface area contributed by atoms with Gasteiger partial charge in [0.1, 0.15) is 0 Å². The van der Waals surface area contributed by atoms with E-state index in [9.17, 15) is 13.2 Å². The molecule has 5 nitrogen and oxygen atoms in total. The number of amides is 1. The maximum atomic E-state index is 12.5. The first kappa shape index (κ1) is 19.6. The number of carbonyl (C=O) groups excluding carboxylic acids is 1. The van der Waals surface area contributed by atoms with Crippen molar-refractivity contribution in [1.29, 1.82) is 0 Å². The third-order valence-electron chi connectivity index (χ3n) is 4.08. The van der Waals surface area contributed by atoms with E-state index in [1.807, 2.05) is 26.8 Å². The van der Waals surface area contributed by atoms with E-state index < -0.39 is 10.0 Å². The topological polar surface area (TPSA) is 66.5 Å². The molecule has 1 N–H and O–H groups in total. The average Bonchev–Trinajstić information content (AvgIpc) is 2.97. The summed E-state index contributed by atoms with van der Waals surface area (Å²) in [6.45, 7) is 8.54. The van der Waals surface area contributed by atoms with Crippen LogP contribution in [0.15, 0.2) is 35.2 Å². The van der Waals surface area contributed by atoms with E-state index in [4.69, 9.17) is 0 Å². The van der Waals surface area contributed by atoms with Crippen LogP contribution in [0.3, 0.4) is 0 Å². The fourth-order valence-electron chi connectivity index (χ4n) is 2.60. The molecule has 0 fully saturated rings. The van der Waals surface area contributed by atoms with Crippen molar-refractivity contribution in [2.24, 2.45) is 0 Å². The van der Waals surface area contributed by atoms with Crippen molar-refractivity contribution in [2.75, 3.05) is 18.4 Å². The Hall–Kier alpha value is -1.70. The highest BCUT2D eigenvalue weighted by Crippen LogP contribution is 2.24. The van der Waals surface area contributed by atoms with Gasteiger partial charge in [-0.05, 0) is 49.2 Å². The largest absolute Gasteiger partial charge is 0.321 e. The second kappa shape index (κ2) is 8.12. The molecular weight excluding hydrogens is 356 g/mol. The minimum absolute atomic E-state index is 0.174. The van der Waals surface area contributed by atoms with Gasteiger partial charge in [-0.3, -0.25) is 4.79 Å². The van der Waals surface area contributed by atoms with Gasteiger partial charge in [0.05, 0.1) is 9.77 Å². The van der Waals surface area contributed by atoms with Gasteiger partial charge in [-0.2, -0.15) is 4.31 Å². The van der Waals surface area contributed by atoms with Crippen LogP contribution in [0.25, 0.3) is 0 Å². The van der Waals surface area contributed by atoms with Crippen LogP contribution in [0.2, 0.25) is 0 Å². The molecule has 0 spiro atoms. The Balaban J connectivity index is 2.16. The molecule has 2 rings (SSSR count). The number of rotatable bonds is 7. The Bertz CT molecular complexity index is 836. The summed E-state index contributed by atoms with van der Waals surface area (Å²) < 4.78 is 26.3. The van der Waals surface area contributed by atoms with Gasteiger partial charge in [-0.1, -0.05) is 20.8 Å². The summed E-state index contributed by atoms with van der Waals surface area (Å²) in [7, 11) is -3.48. The molecule has 0 aliphatic rings. The average molecular weight is 381 g/mol. The minimum Gasteiger partial charge on any atom is -0.321 e. The standard InChI is InChI=1S/C18H24N2O3S2/c1-5-14-12-17(24-13(14)4)18(21)19-15-8-10-16(11-9-15)25(22,23)20(6-2)7-3/h8-12H,5-7H2,1-4H3,(H,19,21). The summed E-state index contributed by atoms with van der Waals surface area (Å²) in [6, 6.07) is 8.21. The smallest absolute Gasteiger partial charge is 0.265 e. The third-order valence-corrected chi connectivity index (χ3v) is 7.24. The van der Waals surface area contributed by atoms with Crippen molar-refractivity contribution in [3.05, 3.63) is 45.6 Å². The van der Waals surface area contributed by atoms with E-state index >= 15 is 0 Å². The molecule has 0 unspecified atom stereocenters. The van der Waals surface area contributed by atoms with Gasteiger partial charge >= 0.3 is 0 Å². The summed E-state index contributed by atoms with van der Waals surface area (Å²) in [5.74, 6) is -0.174. The molecule has 1 aromatic carbocycles. The summed E-state index contributed by atoms with van der Waals surface area (Å²) in [5.41, 5.74) is 1.75. The van der Waals surface area contributed by atoms with Crippen molar-refractivity contribution >= 4 is 33.0 Å². The lowest BCUT2D eigenvalue weighted by atomic mass is 10.2. The maximum absolute atomic E-state index is 12.5. The van der Waals surface area contributed by atoms with Gasteiger partial charge in [0.2, 0.25) is 10.0 Å². The lowest BCUT2D eigenvalue weighted by Gasteiger charge is -2.18. The van der Waals surface area contributed by atoms with E-state index in [1.54, 1.807) is 12.1 Å². The van der Waals surface area contributed by atoms with Crippen molar-refractivity contribution < 1.29 is 13.2 Å². The van der Waals surface area contributed by atoms with E-state index in [1.165, 1.54) is 33.3 Å². The van der Waals surface area contributed by atoms with Gasteiger partial charge in [0.15, 0.2) is 0 Å². The Kier molecular flexibility index (Phi) is 6.37. The summed E-state index contributed by atoms with van der Waals surface area (Å²) in [6.07, 6.45) is 0.896. The lowest BCUT2D eigenvalue weighted by Crippen LogP contribution is -2.30. The molecule has 7 heteroatoms. The number of carbonyl (C=O) groups is 1. The molecule has 0 radical (unpaired) electrons.